The van der Waals surface area contributed by atoms with E-state index in [0.29, 0.717) is 22.6 Å². The molecule has 3 aromatic rings. The predicted octanol–water partition coefficient (Wildman–Crippen LogP) is 1.28. The van der Waals surface area contributed by atoms with E-state index in [4.69, 9.17) is 0 Å². The summed E-state index contributed by atoms with van der Waals surface area (Å²) in [5.74, 6) is -0.170. The van der Waals surface area contributed by atoms with Gasteiger partial charge in [0, 0.05) is 11.8 Å². The average molecular weight is 301 g/mol. The van der Waals surface area contributed by atoms with Gasteiger partial charge in [-0.15, -0.1) is 10.2 Å². The number of anilines is 1. The molecule has 0 aliphatic carbocycles. The van der Waals surface area contributed by atoms with Crippen LogP contribution in [0.5, 0.6) is 0 Å². The fourth-order valence-corrected chi connectivity index (χ4v) is 2.42. The van der Waals surface area contributed by atoms with Crippen LogP contribution < -0.4 is 10.7 Å². The number of hydrogen-bond donors (Lipinski definition) is 1. The number of carbonyl (C=O) groups excluding carboxylic acids is 1. The standard InChI is InChI=1S/C13H11N5O2S/c19-11-7-15-18(10-4-2-1-3-9(10)11)6-5-12(20)16-13-17-14-8-21-13/h1-4,7-8H,5-6H2,(H,16,17,20). The molecule has 0 radical (unpaired) electrons. The van der Waals surface area contributed by atoms with Gasteiger partial charge in [0.1, 0.15) is 5.51 Å². The monoisotopic (exact) mass is 301 g/mol. The number of amides is 1. The first-order valence-electron chi connectivity index (χ1n) is 6.25. The summed E-state index contributed by atoms with van der Waals surface area (Å²) in [6, 6.07) is 7.20. The molecule has 1 aromatic carbocycles. The molecular formula is C13H11N5O2S. The number of nitrogens with one attached hydrogen (secondary N) is 1. The number of benzene rings is 1. The van der Waals surface area contributed by atoms with Gasteiger partial charge in [-0.25, -0.2) is 0 Å². The molecular weight excluding hydrogens is 290 g/mol. The molecule has 2 aromatic heterocycles. The van der Waals surface area contributed by atoms with Gasteiger partial charge in [-0.1, -0.05) is 23.5 Å². The van der Waals surface area contributed by atoms with Gasteiger partial charge in [0.05, 0.1) is 18.3 Å². The Morgan fingerprint density at radius 1 is 1.33 bits per heavy atom. The third kappa shape index (κ3) is 2.95. The molecule has 1 N–H and O–H groups in total. The minimum Gasteiger partial charge on any atom is -0.300 e. The number of para-hydroxylation sites is 1. The lowest BCUT2D eigenvalue weighted by Gasteiger charge is -2.08. The second kappa shape index (κ2) is 5.80. The molecule has 0 bridgehead atoms. The van der Waals surface area contributed by atoms with Crippen molar-refractivity contribution < 1.29 is 4.79 Å². The summed E-state index contributed by atoms with van der Waals surface area (Å²) < 4.78 is 1.65. The van der Waals surface area contributed by atoms with Crippen molar-refractivity contribution in [3.05, 3.63) is 46.2 Å². The van der Waals surface area contributed by atoms with E-state index in [0.717, 1.165) is 0 Å². The fourth-order valence-electron chi connectivity index (χ4n) is 1.96. The Bertz CT molecular complexity index is 828. The van der Waals surface area contributed by atoms with Gasteiger partial charge in [-0.05, 0) is 12.1 Å². The molecule has 21 heavy (non-hydrogen) atoms. The molecule has 0 unspecified atom stereocenters. The SMILES string of the molecule is O=C(CCn1ncc(=O)c2ccccc21)Nc1nncs1. The zero-order chi connectivity index (χ0) is 14.7. The minimum atomic E-state index is -0.170. The molecule has 0 spiro atoms. The van der Waals surface area contributed by atoms with Crippen molar-refractivity contribution in [2.75, 3.05) is 5.32 Å². The summed E-state index contributed by atoms with van der Waals surface area (Å²) in [7, 11) is 0. The maximum absolute atomic E-state index is 11.8. The molecule has 0 aliphatic heterocycles. The van der Waals surface area contributed by atoms with Crippen molar-refractivity contribution in [2.45, 2.75) is 13.0 Å². The van der Waals surface area contributed by atoms with E-state index >= 15 is 0 Å². The van der Waals surface area contributed by atoms with E-state index in [2.05, 4.69) is 20.6 Å². The highest BCUT2D eigenvalue weighted by molar-refractivity contribution is 7.13. The normalized spacial score (nSPS) is 10.7. The van der Waals surface area contributed by atoms with Gasteiger partial charge in [0.25, 0.3) is 0 Å². The maximum Gasteiger partial charge on any atom is 0.228 e. The van der Waals surface area contributed by atoms with Crippen molar-refractivity contribution >= 4 is 33.3 Å². The summed E-state index contributed by atoms with van der Waals surface area (Å²) in [6.45, 7) is 0.380. The summed E-state index contributed by atoms with van der Waals surface area (Å²) >= 11 is 1.26. The van der Waals surface area contributed by atoms with Gasteiger partial charge in [-0.2, -0.15) is 5.10 Å². The van der Waals surface area contributed by atoms with Crippen molar-refractivity contribution in [1.82, 2.24) is 20.0 Å². The zero-order valence-corrected chi connectivity index (χ0v) is 11.7. The lowest BCUT2D eigenvalue weighted by molar-refractivity contribution is -0.116. The first-order valence-corrected chi connectivity index (χ1v) is 7.13. The van der Waals surface area contributed by atoms with Gasteiger partial charge in [0.15, 0.2) is 0 Å². The summed E-state index contributed by atoms with van der Waals surface area (Å²) in [5.41, 5.74) is 2.14. The second-order valence-corrected chi connectivity index (χ2v) is 5.12. The number of hydrogen-bond acceptors (Lipinski definition) is 6. The molecule has 3 rings (SSSR count). The number of fused-ring (bicyclic) bond motifs is 1. The molecule has 0 saturated heterocycles. The molecule has 8 heteroatoms. The molecule has 0 saturated carbocycles. The highest BCUT2D eigenvalue weighted by atomic mass is 32.1. The highest BCUT2D eigenvalue weighted by Gasteiger charge is 2.07. The van der Waals surface area contributed by atoms with Gasteiger partial charge in [-0.3, -0.25) is 14.3 Å². The Hall–Kier alpha value is -2.61. The Labute approximate surface area is 123 Å². The van der Waals surface area contributed by atoms with E-state index in [1.807, 2.05) is 12.1 Å². The van der Waals surface area contributed by atoms with E-state index in [1.165, 1.54) is 17.5 Å². The quantitative estimate of drug-likeness (QED) is 0.784. The van der Waals surface area contributed by atoms with E-state index < -0.39 is 0 Å². The number of aryl methyl sites for hydroxylation is 1. The van der Waals surface area contributed by atoms with Crippen LogP contribution in [0.1, 0.15) is 6.42 Å². The third-order valence-electron chi connectivity index (χ3n) is 2.92. The van der Waals surface area contributed by atoms with E-state index in [1.54, 1.807) is 22.3 Å². The van der Waals surface area contributed by atoms with Crippen molar-refractivity contribution in [3.8, 4) is 0 Å². The van der Waals surface area contributed by atoms with Crippen molar-refractivity contribution in [1.29, 1.82) is 0 Å². The molecule has 7 nitrogen and oxygen atoms in total. The van der Waals surface area contributed by atoms with Crippen LogP contribution in [0.3, 0.4) is 0 Å². The maximum atomic E-state index is 11.8. The summed E-state index contributed by atoms with van der Waals surface area (Å²) in [6.07, 6.45) is 1.50. The lowest BCUT2D eigenvalue weighted by Crippen LogP contribution is -2.17. The molecule has 2 heterocycles. The Balaban J connectivity index is 1.75. The number of nitrogens with zero attached hydrogens (tertiary/aromatic N) is 4. The third-order valence-corrected chi connectivity index (χ3v) is 3.53. The zero-order valence-electron chi connectivity index (χ0n) is 10.9. The summed E-state index contributed by atoms with van der Waals surface area (Å²) in [4.78, 5) is 23.5. The molecule has 0 atom stereocenters. The van der Waals surface area contributed by atoms with Crippen LogP contribution in [-0.2, 0) is 11.3 Å². The van der Waals surface area contributed by atoms with Crippen LogP contribution in [0.4, 0.5) is 5.13 Å². The van der Waals surface area contributed by atoms with Crippen LogP contribution >= 0.6 is 11.3 Å². The molecule has 106 valence electrons. The lowest BCUT2D eigenvalue weighted by atomic mass is 10.2. The van der Waals surface area contributed by atoms with E-state index in [-0.39, 0.29) is 17.8 Å². The van der Waals surface area contributed by atoms with Gasteiger partial charge in [0.2, 0.25) is 16.5 Å². The van der Waals surface area contributed by atoms with Crippen LogP contribution in [0.15, 0.2) is 40.8 Å². The van der Waals surface area contributed by atoms with E-state index in [9.17, 15) is 9.59 Å². The van der Waals surface area contributed by atoms with Crippen LogP contribution in [-0.4, -0.2) is 25.9 Å². The highest BCUT2D eigenvalue weighted by Crippen LogP contribution is 2.10. The van der Waals surface area contributed by atoms with Crippen LogP contribution in [0.25, 0.3) is 10.9 Å². The van der Waals surface area contributed by atoms with Gasteiger partial charge < -0.3 is 5.32 Å². The number of rotatable bonds is 4. The van der Waals surface area contributed by atoms with Crippen molar-refractivity contribution in [2.24, 2.45) is 0 Å². The largest absolute Gasteiger partial charge is 0.300 e. The summed E-state index contributed by atoms with van der Waals surface area (Å²) in [5, 5.41) is 15.2. The molecule has 0 fully saturated rings. The topological polar surface area (TPSA) is 89.8 Å². The van der Waals surface area contributed by atoms with Crippen LogP contribution in [0.2, 0.25) is 0 Å². The van der Waals surface area contributed by atoms with Gasteiger partial charge >= 0.3 is 0 Å². The van der Waals surface area contributed by atoms with Crippen molar-refractivity contribution in [3.63, 3.8) is 0 Å². The second-order valence-electron chi connectivity index (χ2n) is 4.29. The Morgan fingerprint density at radius 2 is 2.19 bits per heavy atom. The number of aromatic nitrogens is 4. The first-order chi connectivity index (χ1) is 10.2. The number of carbonyl (C=O) groups is 1. The molecule has 1 amide bonds. The minimum absolute atomic E-state index is 0.125. The molecule has 0 aliphatic rings. The smallest absolute Gasteiger partial charge is 0.228 e. The predicted molar refractivity (Wildman–Crippen MR) is 79.2 cm³/mol. The first kappa shape index (κ1) is 13.4. The average Bonchev–Trinajstić information content (AvgIpc) is 3.00. The Morgan fingerprint density at radius 3 is 3.00 bits per heavy atom. The Kier molecular flexibility index (Phi) is 3.69. The fraction of sp³-hybridized carbons (Fsp3) is 0.154. The van der Waals surface area contributed by atoms with Crippen LogP contribution in [0, 0.1) is 0 Å².